The molecule has 0 saturated carbocycles. The number of amides is 2. The standard InChI is InChI=1S/C21H27N3O2S/c1-23(2)14-19(16-6-4-3-5-7-16)22-20(25)17-8-11-24(12-9-17)21(26)18-10-13-27-15-18/h3-7,10,13,15,17,19H,8-9,11-12,14H2,1-2H3,(H,22,25)/t19-/m0/s1. The number of nitrogens with zero attached hydrogens (tertiary/aromatic N) is 2. The van der Waals surface area contributed by atoms with Crippen LogP contribution < -0.4 is 5.32 Å². The highest BCUT2D eigenvalue weighted by Crippen LogP contribution is 2.22. The zero-order valence-corrected chi connectivity index (χ0v) is 16.7. The van der Waals surface area contributed by atoms with Crippen molar-refractivity contribution in [3.05, 3.63) is 58.3 Å². The van der Waals surface area contributed by atoms with Gasteiger partial charge in [0.1, 0.15) is 0 Å². The van der Waals surface area contributed by atoms with Gasteiger partial charge in [0.05, 0.1) is 11.6 Å². The minimum absolute atomic E-state index is 0.0285. The topological polar surface area (TPSA) is 52.7 Å². The summed E-state index contributed by atoms with van der Waals surface area (Å²) in [4.78, 5) is 29.2. The molecule has 1 atom stereocenters. The van der Waals surface area contributed by atoms with Gasteiger partial charge in [-0.25, -0.2) is 0 Å². The predicted molar refractivity (Wildman–Crippen MR) is 109 cm³/mol. The molecular formula is C21H27N3O2S. The highest BCUT2D eigenvalue weighted by Gasteiger charge is 2.29. The molecule has 27 heavy (non-hydrogen) atoms. The van der Waals surface area contributed by atoms with Crippen LogP contribution in [0.2, 0.25) is 0 Å². The number of benzene rings is 1. The highest BCUT2D eigenvalue weighted by molar-refractivity contribution is 7.08. The van der Waals surface area contributed by atoms with Gasteiger partial charge in [-0.2, -0.15) is 11.3 Å². The predicted octanol–water partition coefficient (Wildman–Crippen LogP) is 3.02. The summed E-state index contributed by atoms with van der Waals surface area (Å²) >= 11 is 1.53. The third-order valence-electron chi connectivity index (χ3n) is 4.99. The molecule has 1 aliphatic rings. The number of hydrogen-bond acceptors (Lipinski definition) is 4. The highest BCUT2D eigenvalue weighted by atomic mass is 32.1. The smallest absolute Gasteiger partial charge is 0.254 e. The van der Waals surface area contributed by atoms with Gasteiger partial charge in [-0.1, -0.05) is 30.3 Å². The van der Waals surface area contributed by atoms with Crippen molar-refractivity contribution in [2.45, 2.75) is 18.9 Å². The second-order valence-electron chi connectivity index (χ2n) is 7.31. The summed E-state index contributed by atoms with van der Waals surface area (Å²) in [6, 6.07) is 11.9. The third kappa shape index (κ3) is 5.17. The SMILES string of the molecule is CN(C)C[C@H](NC(=O)C1CCN(C(=O)c2ccsc2)CC1)c1ccccc1. The zero-order chi connectivity index (χ0) is 19.2. The number of rotatable bonds is 6. The Balaban J connectivity index is 1.57. The second-order valence-corrected chi connectivity index (χ2v) is 8.09. The van der Waals surface area contributed by atoms with E-state index in [9.17, 15) is 9.59 Å². The van der Waals surface area contributed by atoms with E-state index in [1.807, 2.05) is 54.0 Å². The molecule has 1 N–H and O–H groups in total. The van der Waals surface area contributed by atoms with E-state index in [0.29, 0.717) is 25.9 Å². The van der Waals surface area contributed by atoms with Crippen molar-refractivity contribution in [1.29, 1.82) is 0 Å². The van der Waals surface area contributed by atoms with E-state index in [1.54, 1.807) is 0 Å². The van der Waals surface area contributed by atoms with Crippen molar-refractivity contribution >= 4 is 23.2 Å². The van der Waals surface area contributed by atoms with Gasteiger partial charge in [-0.05, 0) is 43.9 Å². The van der Waals surface area contributed by atoms with Gasteiger partial charge < -0.3 is 15.1 Å². The van der Waals surface area contributed by atoms with Crippen molar-refractivity contribution in [2.75, 3.05) is 33.7 Å². The number of carbonyl (C=O) groups excluding carboxylic acids is 2. The Morgan fingerprint density at radius 3 is 2.48 bits per heavy atom. The van der Waals surface area contributed by atoms with E-state index in [0.717, 1.165) is 17.7 Å². The van der Waals surface area contributed by atoms with Gasteiger partial charge in [-0.15, -0.1) is 0 Å². The summed E-state index contributed by atoms with van der Waals surface area (Å²) in [6.45, 7) is 2.03. The van der Waals surface area contributed by atoms with Crippen LogP contribution >= 0.6 is 11.3 Å². The van der Waals surface area contributed by atoms with Gasteiger partial charge in [-0.3, -0.25) is 9.59 Å². The Kier molecular flexibility index (Phi) is 6.63. The lowest BCUT2D eigenvalue weighted by Crippen LogP contribution is -2.44. The number of nitrogens with one attached hydrogen (secondary N) is 1. The summed E-state index contributed by atoms with van der Waals surface area (Å²) < 4.78 is 0. The maximum atomic E-state index is 12.8. The fourth-order valence-electron chi connectivity index (χ4n) is 3.49. The van der Waals surface area contributed by atoms with Crippen molar-refractivity contribution < 1.29 is 9.59 Å². The maximum Gasteiger partial charge on any atom is 0.254 e. The average molecular weight is 386 g/mol. The van der Waals surface area contributed by atoms with Crippen LogP contribution in [0.1, 0.15) is 34.8 Å². The molecule has 0 spiro atoms. The molecule has 144 valence electrons. The molecule has 0 bridgehead atoms. The molecule has 2 aromatic rings. The molecule has 2 amide bonds. The van der Waals surface area contributed by atoms with Crippen molar-refractivity contribution in [3.8, 4) is 0 Å². The molecule has 6 heteroatoms. The monoisotopic (exact) mass is 385 g/mol. The molecule has 2 heterocycles. The molecule has 1 fully saturated rings. The van der Waals surface area contributed by atoms with Crippen LogP contribution in [0.15, 0.2) is 47.2 Å². The fourth-order valence-corrected chi connectivity index (χ4v) is 4.12. The summed E-state index contributed by atoms with van der Waals surface area (Å²) in [5.74, 6) is 0.128. The van der Waals surface area contributed by atoms with E-state index >= 15 is 0 Å². The first-order chi connectivity index (χ1) is 13.0. The summed E-state index contributed by atoms with van der Waals surface area (Å²) in [7, 11) is 4.02. The minimum Gasteiger partial charge on any atom is -0.348 e. The molecule has 1 aliphatic heterocycles. The molecule has 0 aliphatic carbocycles. The molecule has 1 saturated heterocycles. The number of thiophene rings is 1. The maximum absolute atomic E-state index is 12.8. The Labute approximate surface area is 165 Å². The van der Waals surface area contributed by atoms with Crippen LogP contribution in [0.4, 0.5) is 0 Å². The largest absolute Gasteiger partial charge is 0.348 e. The first-order valence-electron chi connectivity index (χ1n) is 9.36. The van der Waals surface area contributed by atoms with Gasteiger partial charge in [0.2, 0.25) is 5.91 Å². The van der Waals surface area contributed by atoms with E-state index in [2.05, 4.69) is 22.3 Å². The molecule has 1 aromatic heterocycles. The molecular weight excluding hydrogens is 358 g/mol. The van der Waals surface area contributed by atoms with Crippen LogP contribution in [-0.2, 0) is 4.79 Å². The second kappa shape index (κ2) is 9.15. The van der Waals surface area contributed by atoms with Crippen LogP contribution in [0.5, 0.6) is 0 Å². The molecule has 3 rings (SSSR count). The van der Waals surface area contributed by atoms with E-state index in [-0.39, 0.29) is 23.8 Å². The van der Waals surface area contributed by atoms with Gasteiger partial charge in [0.25, 0.3) is 5.91 Å². The van der Waals surface area contributed by atoms with Gasteiger partial charge >= 0.3 is 0 Å². The first-order valence-corrected chi connectivity index (χ1v) is 10.3. The summed E-state index contributed by atoms with van der Waals surface area (Å²) in [5.41, 5.74) is 1.86. The van der Waals surface area contributed by atoms with Gasteiger partial charge in [0, 0.05) is 30.9 Å². The molecule has 0 unspecified atom stereocenters. The van der Waals surface area contributed by atoms with Crippen LogP contribution in [-0.4, -0.2) is 55.3 Å². The summed E-state index contributed by atoms with van der Waals surface area (Å²) in [5, 5.41) is 7.02. The van der Waals surface area contributed by atoms with Crippen molar-refractivity contribution in [2.24, 2.45) is 5.92 Å². The van der Waals surface area contributed by atoms with Crippen LogP contribution in [0.25, 0.3) is 0 Å². The summed E-state index contributed by atoms with van der Waals surface area (Å²) in [6.07, 6.45) is 1.43. The van der Waals surface area contributed by atoms with Crippen molar-refractivity contribution in [3.63, 3.8) is 0 Å². The lowest BCUT2D eigenvalue weighted by molar-refractivity contribution is -0.127. The molecule has 0 radical (unpaired) electrons. The number of piperidine rings is 1. The van der Waals surface area contributed by atoms with E-state index in [1.165, 1.54) is 11.3 Å². The lowest BCUT2D eigenvalue weighted by atomic mass is 9.94. The molecule has 1 aromatic carbocycles. The van der Waals surface area contributed by atoms with E-state index < -0.39 is 0 Å². The molecule has 5 nitrogen and oxygen atoms in total. The number of likely N-dealkylation sites (N-methyl/N-ethyl adjacent to an activating group) is 1. The van der Waals surface area contributed by atoms with Crippen molar-refractivity contribution in [1.82, 2.24) is 15.1 Å². The third-order valence-corrected chi connectivity index (χ3v) is 5.67. The van der Waals surface area contributed by atoms with Crippen LogP contribution in [0, 0.1) is 5.92 Å². The Hall–Kier alpha value is -2.18. The Bertz CT molecular complexity index is 738. The Morgan fingerprint density at radius 1 is 1.19 bits per heavy atom. The first kappa shape index (κ1) is 19.6. The minimum atomic E-state index is -0.0371. The van der Waals surface area contributed by atoms with Gasteiger partial charge in [0.15, 0.2) is 0 Å². The van der Waals surface area contributed by atoms with Crippen LogP contribution in [0.3, 0.4) is 0 Å². The van der Waals surface area contributed by atoms with E-state index in [4.69, 9.17) is 0 Å². The Morgan fingerprint density at radius 2 is 1.89 bits per heavy atom. The quantitative estimate of drug-likeness (QED) is 0.832. The number of likely N-dealkylation sites (tertiary alicyclic amines) is 1. The number of hydrogen-bond donors (Lipinski definition) is 1. The average Bonchev–Trinajstić information content (AvgIpc) is 3.22. The zero-order valence-electron chi connectivity index (χ0n) is 15.9. The normalized spacial score (nSPS) is 16.3. The fraction of sp³-hybridized carbons (Fsp3) is 0.429. The number of carbonyl (C=O) groups is 2. The lowest BCUT2D eigenvalue weighted by Gasteiger charge is -2.32.